The van der Waals surface area contributed by atoms with E-state index in [1.54, 1.807) is 0 Å². The second-order valence-electron chi connectivity index (χ2n) is 8.47. The molecule has 166 valence electrons. The van der Waals surface area contributed by atoms with Gasteiger partial charge in [-0.1, -0.05) is 36.4 Å². The molecule has 6 nitrogen and oxygen atoms in total. The third kappa shape index (κ3) is 4.88. The van der Waals surface area contributed by atoms with Gasteiger partial charge in [0.1, 0.15) is 0 Å². The van der Waals surface area contributed by atoms with Gasteiger partial charge in [0, 0.05) is 54.6 Å². The van der Waals surface area contributed by atoms with Crippen molar-refractivity contribution in [2.75, 3.05) is 20.1 Å². The van der Waals surface area contributed by atoms with E-state index in [-0.39, 0.29) is 30.4 Å². The van der Waals surface area contributed by atoms with Gasteiger partial charge in [0.25, 0.3) is 5.56 Å². The molecule has 2 atom stereocenters. The fourth-order valence-corrected chi connectivity index (χ4v) is 4.79. The minimum Gasteiger partial charge on any atom is -0.316 e. The summed E-state index contributed by atoms with van der Waals surface area (Å²) in [6, 6.07) is 16.4. The number of hydrogen-bond donors (Lipinski definition) is 2. The zero-order valence-corrected chi connectivity index (χ0v) is 19.2. The summed E-state index contributed by atoms with van der Waals surface area (Å²) in [7, 11) is 2.05. The summed E-state index contributed by atoms with van der Waals surface area (Å²) >= 11 is 0. The van der Waals surface area contributed by atoms with Crippen LogP contribution in [0.25, 0.3) is 11.3 Å². The largest absolute Gasteiger partial charge is 0.316 e. The predicted octanol–water partition coefficient (Wildman–Crippen LogP) is 3.42. The Labute approximate surface area is 194 Å². The standard InChI is InChI=1S/C23H27N5O.2ClH/c1-27(15-20-10-21(26-25-20)17-5-3-2-4-6-17)14-18-7-8-22-19-9-16(11-24-12-19)13-28(22)23(18)29;;/h2-8,10,16,19,24H,9,11-15H2,1H3,(H,25,26);2*1H/t16-,19+;;/m0../s1. The van der Waals surface area contributed by atoms with Crippen LogP contribution in [0.5, 0.6) is 0 Å². The molecular formula is C23H29Cl2N5O. The molecule has 0 spiro atoms. The zero-order valence-electron chi connectivity index (χ0n) is 17.6. The molecule has 1 aromatic carbocycles. The fourth-order valence-electron chi connectivity index (χ4n) is 4.79. The van der Waals surface area contributed by atoms with Crippen LogP contribution in [0.15, 0.2) is 53.3 Å². The molecule has 31 heavy (non-hydrogen) atoms. The first-order valence-electron chi connectivity index (χ1n) is 10.4. The molecule has 3 aromatic rings. The van der Waals surface area contributed by atoms with Crippen molar-refractivity contribution in [3.63, 3.8) is 0 Å². The minimum atomic E-state index is 0. The van der Waals surface area contributed by atoms with E-state index in [2.05, 4.69) is 44.7 Å². The maximum Gasteiger partial charge on any atom is 0.255 e. The Balaban J connectivity index is 0.00000136. The molecule has 8 heteroatoms. The molecule has 0 unspecified atom stereocenters. The lowest BCUT2D eigenvalue weighted by Crippen LogP contribution is -2.45. The molecule has 2 aromatic heterocycles. The summed E-state index contributed by atoms with van der Waals surface area (Å²) < 4.78 is 2.03. The molecule has 0 amide bonds. The summed E-state index contributed by atoms with van der Waals surface area (Å²) in [5.41, 5.74) is 5.34. The molecule has 4 heterocycles. The Kier molecular flexibility index (Phi) is 7.59. The first-order valence-corrected chi connectivity index (χ1v) is 10.4. The quantitative estimate of drug-likeness (QED) is 0.610. The number of nitrogens with one attached hydrogen (secondary N) is 2. The molecular weight excluding hydrogens is 433 g/mol. The first kappa shape index (κ1) is 23.5. The lowest BCUT2D eigenvalue weighted by molar-refractivity contribution is 0.254. The van der Waals surface area contributed by atoms with Gasteiger partial charge in [0.2, 0.25) is 0 Å². The second-order valence-corrected chi connectivity index (χ2v) is 8.47. The Morgan fingerprint density at radius 2 is 1.90 bits per heavy atom. The van der Waals surface area contributed by atoms with E-state index in [1.807, 2.05) is 35.9 Å². The minimum absolute atomic E-state index is 0. The topological polar surface area (TPSA) is 66.0 Å². The van der Waals surface area contributed by atoms with Gasteiger partial charge in [-0.25, -0.2) is 0 Å². The fraction of sp³-hybridized carbons (Fsp3) is 0.391. The van der Waals surface area contributed by atoms with Crippen molar-refractivity contribution >= 4 is 24.8 Å². The highest BCUT2D eigenvalue weighted by molar-refractivity contribution is 5.85. The zero-order chi connectivity index (χ0) is 19.8. The van der Waals surface area contributed by atoms with Gasteiger partial charge in [-0.3, -0.25) is 14.8 Å². The number of aromatic amines is 1. The number of H-pyrrole nitrogens is 1. The molecule has 0 radical (unpaired) electrons. The highest BCUT2D eigenvalue weighted by Gasteiger charge is 2.31. The maximum atomic E-state index is 13.1. The van der Waals surface area contributed by atoms with E-state index in [1.165, 1.54) is 12.1 Å². The highest BCUT2D eigenvalue weighted by Crippen LogP contribution is 2.31. The number of benzene rings is 1. The van der Waals surface area contributed by atoms with Crippen LogP contribution in [-0.2, 0) is 19.6 Å². The van der Waals surface area contributed by atoms with Gasteiger partial charge in [-0.2, -0.15) is 5.10 Å². The third-order valence-electron chi connectivity index (χ3n) is 6.17. The number of hydrogen-bond acceptors (Lipinski definition) is 4. The Morgan fingerprint density at radius 3 is 2.71 bits per heavy atom. The summed E-state index contributed by atoms with van der Waals surface area (Å²) in [4.78, 5) is 15.3. The number of nitrogens with zero attached hydrogens (tertiary/aromatic N) is 3. The molecule has 5 rings (SSSR count). The lowest BCUT2D eigenvalue weighted by atomic mass is 9.84. The van der Waals surface area contributed by atoms with E-state index in [0.717, 1.165) is 48.7 Å². The van der Waals surface area contributed by atoms with Crippen LogP contribution in [-0.4, -0.2) is 39.8 Å². The third-order valence-corrected chi connectivity index (χ3v) is 6.17. The van der Waals surface area contributed by atoms with Crippen molar-refractivity contribution in [1.82, 2.24) is 25.0 Å². The summed E-state index contributed by atoms with van der Waals surface area (Å²) in [6.07, 6.45) is 1.20. The Morgan fingerprint density at radius 1 is 1.10 bits per heavy atom. The van der Waals surface area contributed by atoms with Crippen LogP contribution in [0.4, 0.5) is 0 Å². The van der Waals surface area contributed by atoms with Gasteiger partial charge in [-0.15, -0.1) is 24.8 Å². The van der Waals surface area contributed by atoms with Crippen molar-refractivity contribution in [2.24, 2.45) is 5.92 Å². The lowest BCUT2D eigenvalue weighted by Gasteiger charge is -2.37. The van der Waals surface area contributed by atoms with Gasteiger partial charge in [-0.05, 0) is 38.1 Å². The molecule has 0 saturated carbocycles. The van der Waals surface area contributed by atoms with E-state index in [9.17, 15) is 4.79 Å². The predicted molar refractivity (Wildman–Crippen MR) is 128 cm³/mol. The maximum absolute atomic E-state index is 13.1. The van der Waals surface area contributed by atoms with Crippen LogP contribution in [0.2, 0.25) is 0 Å². The number of pyridine rings is 1. The number of rotatable bonds is 5. The van der Waals surface area contributed by atoms with Gasteiger partial charge >= 0.3 is 0 Å². The summed E-state index contributed by atoms with van der Waals surface area (Å²) in [6.45, 7) is 4.20. The average molecular weight is 462 g/mol. The van der Waals surface area contributed by atoms with Crippen molar-refractivity contribution in [1.29, 1.82) is 0 Å². The van der Waals surface area contributed by atoms with Crippen LogP contribution < -0.4 is 10.9 Å². The number of halogens is 2. The van der Waals surface area contributed by atoms with Crippen LogP contribution in [0.1, 0.15) is 29.3 Å². The van der Waals surface area contributed by atoms with Crippen molar-refractivity contribution in [3.05, 3.63) is 75.8 Å². The highest BCUT2D eigenvalue weighted by atomic mass is 35.5. The van der Waals surface area contributed by atoms with Crippen molar-refractivity contribution in [2.45, 2.75) is 32.0 Å². The van der Waals surface area contributed by atoms with Gasteiger partial charge in [0.15, 0.2) is 0 Å². The van der Waals surface area contributed by atoms with E-state index >= 15 is 0 Å². The number of fused-ring (bicyclic) bond motifs is 4. The van der Waals surface area contributed by atoms with E-state index in [4.69, 9.17) is 0 Å². The molecule has 2 bridgehead atoms. The van der Waals surface area contributed by atoms with Crippen molar-refractivity contribution < 1.29 is 0 Å². The summed E-state index contributed by atoms with van der Waals surface area (Å²) in [5, 5.41) is 11.1. The monoisotopic (exact) mass is 461 g/mol. The molecule has 2 aliphatic heterocycles. The Bertz CT molecular complexity index is 1070. The number of aromatic nitrogens is 3. The SMILES string of the molecule is CN(Cc1cc(-c2ccccc2)n[nH]1)Cc1ccc2n(c1=O)C[C@@H]1CNC[C@H]2C1.Cl.Cl. The Hall–Kier alpha value is -2.12. The average Bonchev–Trinajstić information content (AvgIpc) is 3.20. The van der Waals surface area contributed by atoms with Crippen LogP contribution >= 0.6 is 24.8 Å². The normalized spacial score (nSPS) is 19.3. The van der Waals surface area contributed by atoms with Gasteiger partial charge < -0.3 is 9.88 Å². The van der Waals surface area contributed by atoms with Crippen LogP contribution in [0, 0.1) is 5.92 Å². The van der Waals surface area contributed by atoms with E-state index < -0.39 is 0 Å². The second kappa shape index (κ2) is 10.0. The van der Waals surface area contributed by atoms with E-state index in [0.29, 0.717) is 18.4 Å². The summed E-state index contributed by atoms with van der Waals surface area (Å²) in [5.74, 6) is 1.05. The number of piperidine rings is 1. The van der Waals surface area contributed by atoms with Gasteiger partial charge in [0.05, 0.1) is 5.69 Å². The molecule has 2 N–H and O–H groups in total. The smallest absolute Gasteiger partial charge is 0.255 e. The molecule has 0 aliphatic carbocycles. The van der Waals surface area contributed by atoms with Crippen LogP contribution in [0.3, 0.4) is 0 Å². The molecule has 1 fully saturated rings. The molecule has 1 saturated heterocycles. The first-order chi connectivity index (χ1) is 14.2. The molecule has 2 aliphatic rings. The van der Waals surface area contributed by atoms with Crippen molar-refractivity contribution in [3.8, 4) is 11.3 Å².